The third-order valence-electron chi connectivity index (χ3n) is 2.99. The van der Waals surface area contributed by atoms with Gasteiger partial charge in [-0.3, -0.25) is 11.3 Å². The molecule has 0 fully saturated rings. The van der Waals surface area contributed by atoms with E-state index in [1.807, 2.05) is 13.0 Å². The van der Waals surface area contributed by atoms with Crippen LogP contribution in [-0.2, 0) is 6.42 Å². The molecule has 0 aliphatic rings. The van der Waals surface area contributed by atoms with Crippen LogP contribution in [0, 0.1) is 6.92 Å². The molecule has 3 nitrogen and oxygen atoms in total. The van der Waals surface area contributed by atoms with Crippen LogP contribution in [0.25, 0.3) is 0 Å². The van der Waals surface area contributed by atoms with Crippen molar-refractivity contribution in [2.75, 3.05) is 7.11 Å². The summed E-state index contributed by atoms with van der Waals surface area (Å²) in [4.78, 5) is 1.28. The van der Waals surface area contributed by atoms with Gasteiger partial charge in [0.2, 0.25) is 0 Å². The molecule has 1 atom stereocenters. The van der Waals surface area contributed by atoms with Crippen LogP contribution in [0.15, 0.2) is 34.1 Å². The maximum Gasteiger partial charge on any atom is 0.123 e. The van der Waals surface area contributed by atoms with Gasteiger partial charge in [0.1, 0.15) is 5.75 Å². The summed E-state index contributed by atoms with van der Waals surface area (Å²) in [5.74, 6) is 6.58. The molecular formula is C14H17BrN2OS. The van der Waals surface area contributed by atoms with E-state index in [1.165, 1.54) is 10.4 Å². The molecule has 1 heterocycles. The monoisotopic (exact) mass is 340 g/mol. The van der Waals surface area contributed by atoms with Crippen molar-refractivity contribution in [1.82, 2.24) is 5.43 Å². The normalized spacial score (nSPS) is 12.4. The maximum atomic E-state index is 5.71. The average Bonchev–Trinajstić information content (AvgIpc) is 2.81. The first-order valence-electron chi connectivity index (χ1n) is 5.97. The molecule has 102 valence electrons. The lowest BCUT2D eigenvalue weighted by Crippen LogP contribution is -2.29. The Kier molecular flexibility index (Phi) is 4.99. The standard InChI is InChI=1S/C14H17BrN2OS/c1-9-3-4-12(14(5-9)18-2)13(17-16)7-11-6-10(15)8-19-11/h3-6,8,13,17H,7,16H2,1-2H3. The highest BCUT2D eigenvalue weighted by molar-refractivity contribution is 9.10. The van der Waals surface area contributed by atoms with Crippen LogP contribution in [0.4, 0.5) is 0 Å². The highest BCUT2D eigenvalue weighted by Gasteiger charge is 2.16. The quantitative estimate of drug-likeness (QED) is 0.646. The average molecular weight is 341 g/mol. The van der Waals surface area contributed by atoms with Crippen molar-refractivity contribution in [3.05, 3.63) is 50.1 Å². The van der Waals surface area contributed by atoms with Gasteiger partial charge < -0.3 is 4.74 Å². The second-order valence-corrected chi connectivity index (χ2v) is 6.31. The molecule has 19 heavy (non-hydrogen) atoms. The smallest absolute Gasteiger partial charge is 0.123 e. The van der Waals surface area contributed by atoms with Crippen LogP contribution in [0.2, 0.25) is 0 Å². The van der Waals surface area contributed by atoms with Gasteiger partial charge in [-0.15, -0.1) is 11.3 Å². The van der Waals surface area contributed by atoms with Gasteiger partial charge in [-0.2, -0.15) is 0 Å². The van der Waals surface area contributed by atoms with E-state index >= 15 is 0 Å². The first kappa shape index (κ1) is 14.5. The first-order chi connectivity index (χ1) is 9.13. The van der Waals surface area contributed by atoms with Gasteiger partial charge in [0.25, 0.3) is 0 Å². The number of benzene rings is 1. The SMILES string of the molecule is COc1cc(C)ccc1C(Cc1cc(Br)cs1)NN. The van der Waals surface area contributed by atoms with Crippen LogP contribution >= 0.6 is 27.3 Å². The molecule has 1 aromatic carbocycles. The summed E-state index contributed by atoms with van der Waals surface area (Å²) in [5.41, 5.74) is 5.14. The maximum absolute atomic E-state index is 5.71. The minimum atomic E-state index is 0.0427. The molecule has 2 rings (SSSR count). The summed E-state index contributed by atoms with van der Waals surface area (Å²) in [5, 5.41) is 2.08. The number of ether oxygens (including phenoxy) is 1. The summed E-state index contributed by atoms with van der Waals surface area (Å²) in [6.45, 7) is 2.05. The zero-order valence-electron chi connectivity index (χ0n) is 10.9. The third kappa shape index (κ3) is 3.57. The summed E-state index contributed by atoms with van der Waals surface area (Å²) in [6, 6.07) is 8.34. The van der Waals surface area contributed by atoms with Crippen molar-refractivity contribution in [1.29, 1.82) is 0 Å². The Balaban J connectivity index is 2.26. The van der Waals surface area contributed by atoms with E-state index in [2.05, 4.69) is 44.9 Å². The van der Waals surface area contributed by atoms with Gasteiger partial charge in [0, 0.05) is 26.7 Å². The molecule has 5 heteroatoms. The number of halogens is 1. The number of thiophene rings is 1. The lowest BCUT2D eigenvalue weighted by molar-refractivity contribution is 0.399. The van der Waals surface area contributed by atoms with E-state index < -0.39 is 0 Å². The Bertz CT molecular complexity index is 556. The van der Waals surface area contributed by atoms with E-state index in [9.17, 15) is 0 Å². The van der Waals surface area contributed by atoms with Crippen molar-refractivity contribution < 1.29 is 4.74 Å². The third-order valence-corrected chi connectivity index (χ3v) is 4.71. The van der Waals surface area contributed by atoms with Crippen LogP contribution in [0.1, 0.15) is 22.0 Å². The molecule has 0 amide bonds. The Morgan fingerprint density at radius 1 is 1.42 bits per heavy atom. The second-order valence-electron chi connectivity index (χ2n) is 4.40. The molecule has 2 aromatic rings. The van der Waals surface area contributed by atoms with Crippen molar-refractivity contribution in [3.63, 3.8) is 0 Å². The molecule has 3 N–H and O–H groups in total. The molecule has 0 saturated carbocycles. The van der Waals surface area contributed by atoms with Gasteiger partial charge in [0.15, 0.2) is 0 Å². The zero-order valence-corrected chi connectivity index (χ0v) is 13.3. The topological polar surface area (TPSA) is 47.3 Å². The van der Waals surface area contributed by atoms with Crippen LogP contribution < -0.4 is 16.0 Å². The second kappa shape index (κ2) is 6.52. The van der Waals surface area contributed by atoms with Crippen molar-refractivity contribution in [2.24, 2.45) is 5.84 Å². The van der Waals surface area contributed by atoms with Gasteiger partial charge in [-0.05, 0) is 40.5 Å². The van der Waals surface area contributed by atoms with Gasteiger partial charge in [-0.1, -0.05) is 12.1 Å². The predicted molar refractivity (Wildman–Crippen MR) is 83.5 cm³/mol. The Morgan fingerprint density at radius 2 is 2.21 bits per heavy atom. The number of aryl methyl sites for hydroxylation is 1. The van der Waals surface area contributed by atoms with Gasteiger partial charge >= 0.3 is 0 Å². The van der Waals surface area contributed by atoms with Crippen molar-refractivity contribution >= 4 is 27.3 Å². The number of hydrogen-bond acceptors (Lipinski definition) is 4. The summed E-state index contributed by atoms with van der Waals surface area (Å²) in [7, 11) is 1.69. The van der Waals surface area contributed by atoms with Crippen molar-refractivity contribution in [2.45, 2.75) is 19.4 Å². The number of hydrogen-bond donors (Lipinski definition) is 2. The number of hydrazine groups is 1. The van der Waals surface area contributed by atoms with E-state index in [4.69, 9.17) is 10.6 Å². The number of nitrogens with one attached hydrogen (secondary N) is 1. The number of rotatable bonds is 5. The summed E-state index contributed by atoms with van der Waals surface area (Å²) >= 11 is 5.19. The minimum absolute atomic E-state index is 0.0427. The Morgan fingerprint density at radius 3 is 2.79 bits per heavy atom. The lowest BCUT2D eigenvalue weighted by Gasteiger charge is -2.19. The number of methoxy groups -OCH3 is 1. The molecule has 0 bridgehead atoms. The molecule has 0 radical (unpaired) electrons. The Hall–Kier alpha value is -0.880. The number of nitrogens with two attached hydrogens (primary N) is 1. The lowest BCUT2D eigenvalue weighted by atomic mass is 10.0. The van der Waals surface area contributed by atoms with E-state index in [1.54, 1.807) is 18.4 Å². The van der Waals surface area contributed by atoms with E-state index in [0.29, 0.717) is 0 Å². The van der Waals surface area contributed by atoms with Crippen LogP contribution in [0.3, 0.4) is 0 Å². The summed E-state index contributed by atoms with van der Waals surface area (Å²) in [6.07, 6.45) is 0.839. The highest BCUT2D eigenvalue weighted by atomic mass is 79.9. The largest absolute Gasteiger partial charge is 0.496 e. The van der Waals surface area contributed by atoms with Gasteiger partial charge in [-0.25, -0.2) is 0 Å². The molecule has 0 spiro atoms. The molecule has 0 aliphatic carbocycles. The fourth-order valence-corrected chi connectivity index (χ4v) is 3.53. The minimum Gasteiger partial charge on any atom is -0.496 e. The molecule has 0 saturated heterocycles. The fraction of sp³-hybridized carbons (Fsp3) is 0.286. The molecule has 1 unspecified atom stereocenters. The predicted octanol–water partition coefficient (Wildman–Crippen LogP) is 3.57. The van der Waals surface area contributed by atoms with Crippen LogP contribution in [0.5, 0.6) is 5.75 Å². The Labute approximate surface area is 125 Å². The zero-order chi connectivity index (χ0) is 13.8. The molecular weight excluding hydrogens is 324 g/mol. The first-order valence-corrected chi connectivity index (χ1v) is 7.65. The van der Waals surface area contributed by atoms with Crippen LogP contribution in [-0.4, -0.2) is 7.11 Å². The van der Waals surface area contributed by atoms with E-state index in [-0.39, 0.29) is 6.04 Å². The summed E-state index contributed by atoms with van der Waals surface area (Å²) < 4.78 is 6.56. The molecule has 0 aliphatic heterocycles. The van der Waals surface area contributed by atoms with E-state index in [0.717, 1.165) is 22.2 Å². The van der Waals surface area contributed by atoms with Crippen molar-refractivity contribution in [3.8, 4) is 5.75 Å². The highest BCUT2D eigenvalue weighted by Crippen LogP contribution is 2.30. The molecule has 1 aromatic heterocycles. The fourth-order valence-electron chi connectivity index (χ4n) is 2.03. The van der Waals surface area contributed by atoms with Gasteiger partial charge in [0.05, 0.1) is 13.2 Å².